The highest BCUT2D eigenvalue weighted by molar-refractivity contribution is 4.99. The molecule has 0 saturated carbocycles. The molecular weight excluding hydrogens is 186 g/mol. The summed E-state index contributed by atoms with van der Waals surface area (Å²) in [5.41, 5.74) is 0. The fraction of sp³-hybridized carbons (Fsp3) is 0.846. The molecule has 2 rings (SSSR count). The van der Waals surface area contributed by atoms with E-state index >= 15 is 0 Å². The molecule has 1 heterocycles. The van der Waals surface area contributed by atoms with Crippen molar-refractivity contribution in [2.75, 3.05) is 19.7 Å². The second-order valence-corrected chi connectivity index (χ2v) is 4.64. The van der Waals surface area contributed by atoms with Gasteiger partial charge in [-0.15, -0.1) is 0 Å². The van der Waals surface area contributed by atoms with Crippen molar-refractivity contribution in [1.82, 2.24) is 4.90 Å². The van der Waals surface area contributed by atoms with Crippen LogP contribution in [-0.4, -0.2) is 36.7 Å². The first-order valence-corrected chi connectivity index (χ1v) is 6.42. The van der Waals surface area contributed by atoms with Crippen LogP contribution in [0.25, 0.3) is 0 Å². The van der Waals surface area contributed by atoms with E-state index < -0.39 is 0 Å². The smallest absolute Gasteiger partial charge is 0.0702 e. The first-order chi connectivity index (χ1) is 7.40. The summed E-state index contributed by atoms with van der Waals surface area (Å²) in [4.78, 5) is 2.61. The zero-order chi connectivity index (χ0) is 10.5. The molecule has 0 N–H and O–H groups in total. The number of hydrogen-bond acceptors (Lipinski definition) is 2. The van der Waals surface area contributed by atoms with E-state index in [2.05, 4.69) is 24.0 Å². The minimum Gasteiger partial charge on any atom is -0.377 e. The van der Waals surface area contributed by atoms with Crippen molar-refractivity contribution >= 4 is 0 Å². The first kappa shape index (κ1) is 11.2. The van der Waals surface area contributed by atoms with Crippen LogP contribution in [-0.2, 0) is 4.74 Å². The van der Waals surface area contributed by atoms with E-state index in [-0.39, 0.29) is 0 Å². The molecule has 0 aromatic rings. The molecule has 0 radical (unpaired) electrons. The summed E-state index contributed by atoms with van der Waals surface area (Å²) in [6, 6.07) is 0.696. The molecule has 0 bridgehead atoms. The van der Waals surface area contributed by atoms with Crippen LogP contribution in [0.3, 0.4) is 0 Å². The third kappa shape index (κ3) is 3.05. The van der Waals surface area contributed by atoms with Crippen molar-refractivity contribution in [2.24, 2.45) is 0 Å². The average molecular weight is 209 g/mol. The zero-order valence-corrected chi connectivity index (χ0v) is 9.82. The van der Waals surface area contributed by atoms with Crippen molar-refractivity contribution < 1.29 is 4.74 Å². The quantitative estimate of drug-likeness (QED) is 0.662. The van der Waals surface area contributed by atoms with Gasteiger partial charge in [0.05, 0.1) is 6.10 Å². The fourth-order valence-corrected chi connectivity index (χ4v) is 2.74. The van der Waals surface area contributed by atoms with Gasteiger partial charge in [-0.3, -0.25) is 4.90 Å². The Labute approximate surface area is 93.3 Å². The monoisotopic (exact) mass is 209 g/mol. The van der Waals surface area contributed by atoms with Crippen LogP contribution in [0.5, 0.6) is 0 Å². The van der Waals surface area contributed by atoms with Crippen molar-refractivity contribution in [3.63, 3.8) is 0 Å². The summed E-state index contributed by atoms with van der Waals surface area (Å²) in [7, 11) is 0. The number of piperidine rings is 1. The Bertz CT molecular complexity index is 213. The van der Waals surface area contributed by atoms with Crippen molar-refractivity contribution in [3.8, 4) is 0 Å². The van der Waals surface area contributed by atoms with E-state index in [4.69, 9.17) is 4.74 Å². The number of allylic oxidation sites excluding steroid dienone is 1. The predicted octanol–water partition coefficient (Wildman–Crippen LogP) is 2.60. The Morgan fingerprint density at radius 3 is 3.00 bits per heavy atom. The fourth-order valence-electron chi connectivity index (χ4n) is 2.74. The minimum absolute atomic E-state index is 0.485. The number of hydrogen-bond donors (Lipinski definition) is 0. The zero-order valence-electron chi connectivity index (χ0n) is 9.82. The van der Waals surface area contributed by atoms with Gasteiger partial charge in [0.15, 0.2) is 0 Å². The Kier molecular flexibility index (Phi) is 4.21. The van der Waals surface area contributed by atoms with Gasteiger partial charge in [-0.05, 0) is 45.6 Å². The average Bonchev–Trinajstić information content (AvgIpc) is 2.31. The molecule has 1 fully saturated rings. The minimum atomic E-state index is 0.485. The standard InChI is InChI=1S/C13H23NO/c1-2-15-13-9-6-10-14(11-13)12-7-4-3-5-8-12/h4,7,12-13H,2-3,5-6,8-11H2,1H3/t12-,13-/m1/s1. The lowest BCUT2D eigenvalue weighted by Gasteiger charge is -2.37. The Morgan fingerprint density at radius 1 is 1.33 bits per heavy atom. The number of nitrogens with zero attached hydrogens (tertiary/aromatic N) is 1. The molecule has 2 aliphatic rings. The maximum Gasteiger partial charge on any atom is 0.0702 e. The van der Waals surface area contributed by atoms with E-state index in [0.717, 1.165) is 13.2 Å². The summed E-state index contributed by atoms with van der Waals surface area (Å²) in [5.74, 6) is 0. The van der Waals surface area contributed by atoms with E-state index in [1.165, 1.54) is 38.6 Å². The Morgan fingerprint density at radius 2 is 2.27 bits per heavy atom. The molecule has 0 aromatic heterocycles. The topological polar surface area (TPSA) is 12.5 Å². The SMILES string of the molecule is CCO[C@@H]1CCCN([C@@H]2C=CCCC2)C1. The highest BCUT2D eigenvalue weighted by Gasteiger charge is 2.25. The molecule has 1 aliphatic heterocycles. The molecule has 2 nitrogen and oxygen atoms in total. The van der Waals surface area contributed by atoms with Gasteiger partial charge >= 0.3 is 0 Å². The van der Waals surface area contributed by atoms with E-state index in [0.29, 0.717) is 12.1 Å². The van der Waals surface area contributed by atoms with Gasteiger partial charge in [0, 0.05) is 19.2 Å². The summed E-state index contributed by atoms with van der Waals surface area (Å²) < 4.78 is 5.74. The summed E-state index contributed by atoms with van der Waals surface area (Å²) in [5, 5.41) is 0. The third-order valence-corrected chi connectivity index (χ3v) is 3.51. The Hall–Kier alpha value is -0.340. The first-order valence-electron chi connectivity index (χ1n) is 6.42. The predicted molar refractivity (Wildman–Crippen MR) is 63.0 cm³/mol. The lowest BCUT2D eigenvalue weighted by molar-refractivity contribution is -0.00307. The van der Waals surface area contributed by atoms with E-state index in [1.807, 2.05) is 0 Å². The van der Waals surface area contributed by atoms with Crippen LogP contribution in [0.2, 0.25) is 0 Å². The second-order valence-electron chi connectivity index (χ2n) is 4.64. The number of likely N-dealkylation sites (tertiary alicyclic amines) is 1. The maximum atomic E-state index is 5.74. The van der Waals surface area contributed by atoms with E-state index in [9.17, 15) is 0 Å². The third-order valence-electron chi connectivity index (χ3n) is 3.51. The van der Waals surface area contributed by atoms with Gasteiger partial charge in [0.2, 0.25) is 0 Å². The molecule has 1 saturated heterocycles. The van der Waals surface area contributed by atoms with Gasteiger partial charge < -0.3 is 4.74 Å². The van der Waals surface area contributed by atoms with Crippen molar-refractivity contribution in [3.05, 3.63) is 12.2 Å². The molecule has 86 valence electrons. The molecule has 0 amide bonds. The van der Waals surface area contributed by atoms with Crippen LogP contribution in [0.4, 0.5) is 0 Å². The molecular formula is C13H23NO. The van der Waals surface area contributed by atoms with Crippen LogP contribution in [0.1, 0.15) is 39.0 Å². The summed E-state index contributed by atoms with van der Waals surface area (Å²) >= 11 is 0. The van der Waals surface area contributed by atoms with Gasteiger partial charge in [-0.1, -0.05) is 12.2 Å². The van der Waals surface area contributed by atoms with Crippen LogP contribution >= 0.6 is 0 Å². The van der Waals surface area contributed by atoms with Gasteiger partial charge in [-0.25, -0.2) is 0 Å². The van der Waals surface area contributed by atoms with Gasteiger partial charge in [-0.2, -0.15) is 0 Å². The highest BCUT2D eigenvalue weighted by atomic mass is 16.5. The maximum absolute atomic E-state index is 5.74. The van der Waals surface area contributed by atoms with Gasteiger partial charge in [0.1, 0.15) is 0 Å². The Balaban J connectivity index is 1.85. The molecule has 0 unspecified atom stereocenters. The molecule has 1 aliphatic carbocycles. The van der Waals surface area contributed by atoms with Crippen molar-refractivity contribution in [2.45, 2.75) is 51.2 Å². The van der Waals surface area contributed by atoms with Crippen molar-refractivity contribution in [1.29, 1.82) is 0 Å². The summed E-state index contributed by atoms with van der Waals surface area (Å²) in [6.45, 7) is 5.36. The van der Waals surface area contributed by atoms with Gasteiger partial charge in [0.25, 0.3) is 0 Å². The van der Waals surface area contributed by atoms with Crippen LogP contribution < -0.4 is 0 Å². The molecule has 2 atom stereocenters. The summed E-state index contributed by atoms with van der Waals surface area (Å²) in [6.07, 6.45) is 11.8. The molecule has 0 aromatic carbocycles. The van der Waals surface area contributed by atoms with E-state index in [1.54, 1.807) is 0 Å². The lowest BCUT2D eigenvalue weighted by Crippen LogP contribution is -2.45. The molecule has 2 heteroatoms. The second kappa shape index (κ2) is 5.66. The normalized spacial score (nSPS) is 33.1. The largest absolute Gasteiger partial charge is 0.377 e. The van der Waals surface area contributed by atoms with Crippen LogP contribution in [0.15, 0.2) is 12.2 Å². The number of rotatable bonds is 3. The molecule has 0 spiro atoms. The number of ether oxygens (including phenoxy) is 1. The highest BCUT2D eigenvalue weighted by Crippen LogP contribution is 2.21. The lowest BCUT2D eigenvalue weighted by atomic mass is 9.98. The molecule has 15 heavy (non-hydrogen) atoms. The van der Waals surface area contributed by atoms with Crippen LogP contribution in [0, 0.1) is 0 Å².